The fourth-order valence-electron chi connectivity index (χ4n) is 2.79. The largest absolute Gasteiger partial charge is 0.438 e. The molecule has 1 amide bonds. The zero-order valence-electron chi connectivity index (χ0n) is 10.3. The van der Waals surface area contributed by atoms with Crippen molar-refractivity contribution in [3.8, 4) is 0 Å². The molecule has 3 atom stereocenters. The number of ether oxygens (including phenoxy) is 2. The molecule has 1 unspecified atom stereocenters. The first-order valence-electron chi connectivity index (χ1n) is 6.14. The van der Waals surface area contributed by atoms with Crippen LogP contribution < -0.4 is 0 Å². The number of carbonyl (C=O) groups is 2. The molecule has 5 heteroatoms. The van der Waals surface area contributed by atoms with E-state index >= 15 is 0 Å². The Hall–Kier alpha value is -1.10. The third kappa shape index (κ3) is 2.16. The lowest BCUT2D eigenvalue weighted by Crippen LogP contribution is -2.52. The quantitative estimate of drug-likeness (QED) is 0.700. The van der Waals surface area contributed by atoms with Crippen molar-refractivity contribution in [3.63, 3.8) is 0 Å². The molecule has 0 aromatic rings. The maximum absolute atomic E-state index is 11.5. The van der Waals surface area contributed by atoms with Crippen molar-refractivity contribution >= 4 is 12.4 Å². The summed E-state index contributed by atoms with van der Waals surface area (Å²) in [5, 5.41) is 0. The van der Waals surface area contributed by atoms with Crippen LogP contribution in [0.25, 0.3) is 0 Å². The van der Waals surface area contributed by atoms with Gasteiger partial charge in [-0.1, -0.05) is 6.92 Å². The van der Waals surface area contributed by atoms with Crippen molar-refractivity contribution in [2.75, 3.05) is 13.6 Å². The summed E-state index contributed by atoms with van der Waals surface area (Å²) < 4.78 is 11.4. The summed E-state index contributed by atoms with van der Waals surface area (Å²) in [5.74, 6) is 0. The van der Waals surface area contributed by atoms with Crippen LogP contribution in [0.2, 0.25) is 0 Å². The number of likely N-dealkylation sites (N-methyl/N-ethyl adjacent to an activating group) is 1. The van der Waals surface area contributed by atoms with Crippen molar-refractivity contribution in [1.82, 2.24) is 4.90 Å². The maximum atomic E-state index is 11.5. The van der Waals surface area contributed by atoms with E-state index in [2.05, 4.69) is 0 Å². The van der Waals surface area contributed by atoms with Gasteiger partial charge in [-0.15, -0.1) is 0 Å². The molecule has 0 N–H and O–H groups in total. The Morgan fingerprint density at radius 1 is 1.59 bits per heavy atom. The first kappa shape index (κ1) is 12.4. The van der Waals surface area contributed by atoms with E-state index in [-0.39, 0.29) is 18.3 Å². The predicted octanol–water partition coefficient (Wildman–Crippen LogP) is 1.35. The summed E-state index contributed by atoms with van der Waals surface area (Å²) in [6.45, 7) is 2.60. The third-order valence-electron chi connectivity index (χ3n) is 3.67. The minimum atomic E-state index is -0.500. The first-order chi connectivity index (χ1) is 8.11. The lowest BCUT2D eigenvalue weighted by molar-refractivity contribution is -0.163. The highest BCUT2D eigenvalue weighted by atomic mass is 16.6. The van der Waals surface area contributed by atoms with Gasteiger partial charge < -0.3 is 19.2 Å². The molecular formula is C12H19NO4. The Morgan fingerprint density at radius 3 is 2.88 bits per heavy atom. The minimum absolute atomic E-state index is 0.0207. The van der Waals surface area contributed by atoms with Crippen LogP contribution in [0.1, 0.15) is 32.6 Å². The van der Waals surface area contributed by atoms with Crippen molar-refractivity contribution in [2.45, 2.75) is 50.4 Å². The van der Waals surface area contributed by atoms with Crippen LogP contribution in [0.3, 0.4) is 0 Å². The van der Waals surface area contributed by atoms with Crippen LogP contribution in [0.15, 0.2) is 0 Å². The van der Waals surface area contributed by atoms with E-state index in [1.807, 2.05) is 6.92 Å². The normalized spacial score (nSPS) is 37.3. The molecule has 2 rings (SSSR count). The first-order valence-corrected chi connectivity index (χ1v) is 6.14. The van der Waals surface area contributed by atoms with Crippen LogP contribution in [0.5, 0.6) is 0 Å². The van der Waals surface area contributed by atoms with Gasteiger partial charge in [0, 0.05) is 13.5 Å². The molecule has 2 aliphatic heterocycles. The molecule has 2 aliphatic rings. The molecule has 0 radical (unpaired) electrons. The summed E-state index contributed by atoms with van der Waals surface area (Å²) in [6, 6.07) is 0. The molecule has 0 bridgehead atoms. The van der Waals surface area contributed by atoms with Gasteiger partial charge in [0.25, 0.3) is 0 Å². The fourth-order valence-corrected chi connectivity index (χ4v) is 2.79. The van der Waals surface area contributed by atoms with Crippen LogP contribution in [0, 0.1) is 0 Å². The fraction of sp³-hybridized carbons (Fsp3) is 0.833. The van der Waals surface area contributed by atoms with Gasteiger partial charge in [0.05, 0.1) is 18.8 Å². The van der Waals surface area contributed by atoms with Crippen molar-refractivity contribution < 1.29 is 19.1 Å². The predicted molar refractivity (Wildman–Crippen MR) is 60.7 cm³/mol. The molecule has 0 saturated carbocycles. The topological polar surface area (TPSA) is 55.8 Å². The number of nitrogens with zero attached hydrogens (tertiary/aromatic N) is 1. The number of carbonyl (C=O) groups excluding carboxylic acids is 2. The molecule has 2 fully saturated rings. The van der Waals surface area contributed by atoms with Crippen LogP contribution >= 0.6 is 0 Å². The van der Waals surface area contributed by atoms with Gasteiger partial charge in [-0.05, 0) is 19.3 Å². The Morgan fingerprint density at radius 2 is 2.35 bits per heavy atom. The second-order valence-corrected chi connectivity index (χ2v) is 4.88. The molecule has 0 aromatic heterocycles. The average Bonchev–Trinajstić information content (AvgIpc) is 2.58. The third-order valence-corrected chi connectivity index (χ3v) is 3.67. The van der Waals surface area contributed by atoms with Crippen molar-refractivity contribution in [1.29, 1.82) is 0 Å². The highest BCUT2D eigenvalue weighted by Crippen LogP contribution is 2.38. The number of hydrogen-bond acceptors (Lipinski definition) is 4. The second kappa shape index (κ2) is 4.64. The number of rotatable bonds is 3. The van der Waals surface area contributed by atoms with Crippen molar-refractivity contribution in [3.05, 3.63) is 0 Å². The molecule has 0 aliphatic carbocycles. The second-order valence-electron chi connectivity index (χ2n) is 4.88. The summed E-state index contributed by atoms with van der Waals surface area (Å²) >= 11 is 0. The Labute approximate surface area is 101 Å². The highest BCUT2D eigenvalue weighted by Gasteiger charge is 2.52. The SMILES string of the molecule is CC[C@H]1O[C@H](CC=O)CCC12CN(C)C(=O)O2. The smallest absolute Gasteiger partial charge is 0.410 e. The van der Waals surface area contributed by atoms with Gasteiger partial charge >= 0.3 is 6.09 Å². The molecule has 1 spiro atoms. The zero-order chi connectivity index (χ0) is 12.5. The molecule has 2 heterocycles. The molecular weight excluding hydrogens is 222 g/mol. The highest BCUT2D eigenvalue weighted by molar-refractivity contribution is 5.70. The van der Waals surface area contributed by atoms with Gasteiger partial charge in [0.1, 0.15) is 6.29 Å². The zero-order valence-corrected chi connectivity index (χ0v) is 10.3. The maximum Gasteiger partial charge on any atom is 0.410 e. The lowest BCUT2D eigenvalue weighted by Gasteiger charge is -2.41. The molecule has 0 aromatic carbocycles. The standard InChI is InChI=1S/C12H19NO4/c1-3-10-12(8-13(2)11(15)17-12)6-4-9(16-10)5-7-14/h7,9-10H,3-6,8H2,1-2H3/t9-,10+,12?/m0/s1. The monoisotopic (exact) mass is 241 g/mol. The van der Waals surface area contributed by atoms with E-state index in [9.17, 15) is 9.59 Å². The molecule has 17 heavy (non-hydrogen) atoms. The summed E-state index contributed by atoms with van der Waals surface area (Å²) in [6.07, 6.45) is 3.26. The van der Waals surface area contributed by atoms with E-state index in [1.165, 1.54) is 0 Å². The van der Waals surface area contributed by atoms with E-state index in [0.29, 0.717) is 13.0 Å². The van der Waals surface area contributed by atoms with Gasteiger partial charge in [0.15, 0.2) is 5.60 Å². The Balaban J connectivity index is 2.09. The van der Waals surface area contributed by atoms with Crippen molar-refractivity contribution in [2.24, 2.45) is 0 Å². The van der Waals surface area contributed by atoms with E-state index in [0.717, 1.165) is 25.5 Å². The minimum Gasteiger partial charge on any atom is -0.438 e. The number of hydrogen-bond donors (Lipinski definition) is 0. The summed E-state index contributed by atoms with van der Waals surface area (Å²) in [5.41, 5.74) is -0.500. The number of aldehydes is 1. The molecule has 5 nitrogen and oxygen atoms in total. The number of amides is 1. The Bertz CT molecular complexity index is 320. The van der Waals surface area contributed by atoms with E-state index < -0.39 is 5.60 Å². The molecule has 96 valence electrons. The van der Waals surface area contributed by atoms with Gasteiger partial charge in [-0.2, -0.15) is 0 Å². The van der Waals surface area contributed by atoms with Crippen LogP contribution in [-0.2, 0) is 14.3 Å². The van der Waals surface area contributed by atoms with Gasteiger partial charge in [-0.25, -0.2) is 4.79 Å². The lowest BCUT2D eigenvalue weighted by atomic mass is 9.85. The Kier molecular flexibility index (Phi) is 3.38. The van der Waals surface area contributed by atoms with Gasteiger partial charge in [-0.3, -0.25) is 0 Å². The van der Waals surface area contributed by atoms with E-state index in [4.69, 9.17) is 9.47 Å². The average molecular weight is 241 g/mol. The van der Waals surface area contributed by atoms with E-state index in [1.54, 1.807) is 11.9 Å². The van der Waals surface area contributed by atoms with Gasteiger partial charge in [0.2, 0.25) is 0 Å². The molecule has 2 saturated heterocycles. The summed E-state index contributed by atoms with van der Waals surface area (Å²) in [4.78, 5) is 23.6. The van der Waals surface area contributed by atoms with Crippen LogP contribution in [-0.4, -0.2) is 48.7 Å². The summed E-state index contributed by atoms with van der Waals surface area (Å²) in [7, 11) is 1.74. The van der Waals surface area contributed by atoms with Crippen LogP contribution in [0.4, 0.5) is 4.79 Å².